The molecule has 31 heavy (non-hydrogen) atoms. The molecular formula is C24H31N3O4. The molecule has 0 radical (unpaired) electrons. The number of benzene rings is 2. The fraction of sp³-hybridized carbons (Fsp3) is 0.458. The van der Waals surface area contributed by atoms with E-state index >= 15 is 0 Å². The van der Waals surface area contributed by atoms with Crippen LogP contribution in [0, 0.1) is 0 Å². The summed E-state index contributed by atoms with van der Waals surface area (Å²) in [5.74, 6) is 1.30. The lowest BCUT2D eigenvalue weighted by Gasteiger charge is -2.37. The van der Waals surface area contributed by atoms with Gasteiger partial charge >= 0.3 is 6.03 Å². The number of aliphatic hydroxyl groups excluding tert-OH is 1. The second-order valence-electron chi connectivity index (χ2n) is 8.11. The van der Waals surface area contributed by atoms with Crippen molar-refractivity contribution in [2.24, 2.45) is 0 Å². The Morgan fingerprint density at radius 3 is 2.35 bits per heavy atom. The third kappa shape index (κ3) is 5.11. The predicted octanol–water partition coefficient (Wildman–Crippen LogP) is 2.84. The van der Waals surface area contributed by atoms with Crippen LogP contribution >= 0.6 is 0 Å². The minimum absolute atomic E-state index is 0.106. The molecule has 2 saturated heterocycles. The van der Waals surface area contributed by atoms with Gasteiger partial charge in [0.1, 0.15) is 12.7 Å². The number of rotatable bonds is 8. The van der Waals surface area contributed by atoms with Crippen LogP contribution in [0.1, 0.15) is 12.8 Å². The number of urea groups is 1. The Bertz CT molecular complexity index is 855. The van der Waals surface area contributed by atoms with Gasteiger partial charge in [0.15, 0.2) is 11.5 Å². The number of hydrogen-bond donors (Lipinski definition) is 1. The van der Waals surface area contributed by atoms with E-state index in [1.165, 1.54) is 0 Å². The summed E-state index contributed by atoms with van der Waals surface area (Å²) < 4.78 is 11.0. The third-order valence-electron chi connectivity index (χ3n) is 6.08. The van der Waals surface area contributed by atoms with E-state index < -0.39 is 6.10 Å². The molecule has 0 aromatic heterocycles. The van der Waals surface area contributed by atoms with E-state index in [1.807, 2.05) is 64.4 Å². The van der Waals surface area contributed by atoms with Crippen molar-refractivity contribution in [1.29, 1.82) is 0 Å². The van der Waals surface area contributed by atoms with E-state index in [0.717, 1.165) is 44.7 Å². The normalized spacial score (nSPS) is 19.0. The van der Waals surface area contributed by atoms with E-state index in [1.54, 1.807) is 7.11 Å². The fourth-order valence-electron chi connectivity index (χ4n) is 4.43. The Morgan fingerprint density at radius 1 is 0.968 bits per heavy atom. The molecule has 1 unspecified atom stereocenters. The van der Waals surface area contributed by atoms with Crippen molar-refractivity contribution in [3.8, 4) is 11.5 Å². The molecule has 0 spiro atoms. The molecule has 2 aliphatic rings. The SMILES string of the molecule is COc1ccccc1OCC(O)CN1CCC(N2CCN(c3ccccc3)C2=O)CC1. The van der Waals surface area contributed by atoms with E-state index in [2.05, 4.69) is 4.90 Å². The number of amides is 2. The zero-order valence-corrected chi connectivity index (χ0v) is 18.0. The smallest absolute Gasteiger partial charge is 0.324 e. The number of nitrogens with zero attached hydrogens (tertiary/aromatic N) is 3. The Labute approximate surface area is 183 Å². The number of β-amino-alcohol motifs (C(OH)–C–C–N with tert-alkyl or cyclic N) is 1. The number of carbonyl (C=O) groups is 1. The van der Waals surface area contributed by atoms with Gasteiger partial charge in [0, 0.05) is 44.5 Å². The Hall–Kier alpha value is -2.77. The van der Waals surface area contributed by atoms with Crippen molar-refractivity contribution in [1.82, 2.24) is 9.80 Å². The van der Waals surface area contributed by atoms with Gasteiger partial charge in [-0.2, -0.15) is 0 Å². The third-order valence-corrected chi connectivity index (χ3v) is 6.08. The highest BCUT2D eigenvalue weighted by Gasteiger charge is 2.36. The zero-order valence-electron chi connectivity index (χ0n) is 18.0. The molecule has 0 saturated carbocycles. The standard InChI is InChI=1S/C24H31N3O4/c1-30-22-9-5-6-10-23(22)31-18-21(28)17-25-13-11-20(12-14-25)27-16-15-26(24(27)29)19-7-3-2-4-8-19/h2-10,20-21,28H,11-18H2,1H3. The molecule has 2 amide bonds. The summed E-state index contributed by atoms with van der Waals surface area (Å²) in [5, 5.41) is 10.4. The van der Waals surface area contributed by atoms with Gasteiger partial charge in [-0.1, -0.05) is 30.3 Å². The lowest BCUT2D eigenvalue weighted by molar-refractivity contribution is 0.0502. The van der Waals surface area contributed by atoms with Gasteiger partial charge in [0.05, 0.1) is 7.11 Å². The lowest BCUT2D eigenvalue weighted by atomic mass is 10.0. The summed E-state index contributed by atoms with van der Waals surface area (Å²) in [6, 6.07) is 17.7. The van der Waals surface area contributed by atoms with Crippen LogP contribution in [0.2, 0.25) is 0 Å². The molecule has 4 rings (SSSR count). The second kappa shape index (κ2) is 10.0. The Kier molecular flexibility index (Phi) is 6.94. The molecule has 2 fully saturated rings. The maximum Gasteiger partial charge on any atom is 0.324 e. The van der Waals surface area contributed by atoms with Crippen molar-refractivity contribution in [3.63, 3.8) is 0 Å². The maximum atomic E-state index is 12.9. The minimum atomic E-state index is -0.580. The highest BCUT2D eigenvalue weighted by atomic mass is 16.5. The first kappa shape index (κ1) is 21.5. The van der Waals surface area contributed by atoms with Crippen molar-refractivity contribution < 1.29 is 19.4 Å². The van der Waals surface area contributed by atoms with Gasteiger partial charge in [0.25, 0.3) is 0 Å². The molecule has 7 nitrogen and oxygen atoms in total. The van der Waals surface area contributed by atoms with Crippen LogP contribution in [0.3, 0.4) is 0 Å². The quantitative estimate of drug-likeness (QED) is 0.705. The number of anilines is 1. The predicted molar refractivity (Wildman–Crippen MR) is 120 cm³/mol. The lowest BCUT2D eigenvalue weighted by Crippen LogP contribution is -2.48. The topological polar surface area (TPSA) is 65.5 Å². The molecule has 0 aliphatic carbocycles. The highest BCUT2D eigenvalue weighted by Crippen LogP contribution is 2.27. The first-order valence-corrected chi connectivity index (χ1v) is 10.9. The molecule has 166 valence electrons. The van der Waals surface area contributed by atoms with E-state index in [9.17, 15) is 9.90 Å². The molecule has 0 bridgehead atoms. The first-order valence-electron chi connectivity index (χ1n) is 10.9. The van der Waals surface area contributed by atoms with Crippen LogP contribution in [-0.2, 0) is 0 Å². The summed E-state index contributed by atoms with van der Waals surface area (Å²) in [4.78, 5) is 19.0. The van der Waals surface area contributed by atoms with Crippen molar-refractivity contribution >= 4 is 11.7 Å². The van der Waals surface area contributed by atoms with E-state index in [-0.39, 0.29) is 18.7 Å². The summed E-state index contributed by atoms with van der Waals surface area (Å²) in [6.07, 6.45) is 1.27. The Balaban J connectivity index is 1.22. The number of methoxy groups -OCH3 is 1. The number of para-hydroxylation sites is 3. The zero-order chi connectivity index (χ0) is 21.6. The van der Waals surface area contributed by atoms with Crippen LogP contribution in [0.25, 0.3) is 0 Å². The largest absolute Gasteiger partial charge is 0.493 e. The summed E-state index contributed by atoms with van der Waals surface area (Å²) in [5.41, 5.74) is 0.964. The molecule has 2 aromatic rings. The highest BCUT2D eigenvalue weighted by molar-refractivity contribution is 5.94. The number of piperidine rings is 1. The van der Waals surface area contributed by atoms with Crippen LogP contribution in [0.15, 0.2) is 54.6 Å². The second-order valence-corrected chi connectivity index (χ2v) is 8.11. The van der Waals surface area contributed by atoms with Crippen LogP contribution in [0.5, 0.6) is 11.5 Å². The molecule has 2 heterocycles. The fourth-order valence-corrected chi connectivity index (χ4v) is 4.43. The van der Waals surface area contributed by atoms with Gasteiger partial charge in [-0.25, -0.2) is 4.79 Å². The average molecular weight is 426 g/mol. The molecule has 2 aliphatic heterocycles. The summed E-state index contributed by atoms with van der Waals surface area (Å²) >= 11 is 0. The van der Waals surface area contributed by atoms with Gasteiger partial charge in [-0.05, 0) is 37.1 Å². The average Bonchev–Trinajstić information content (AvgIpc) is 3.20. The summed E-state index contributed by atoms with van der Waals surface area (Å²) in [7, 11) is 1.60. The minimum Gasteiger partial charge on any atom is -0.493 e. The van der Waals surface area contributed by atoms with Crippen LogP contribution in [0.4, 0.5) is 10.5 Å². The van der Waals surface area contributed by atoms with Crippen molar-refractivity contribution in [2.75, 3.05) is 51.3 Å². The van der Waals surface area contributed by atoms with Gasteiger partial charge in [-0.3, -0.25) is 4.90 Å². The van der Waals surface area contributed by atoms with Gasteiger partial charge in [0.2, 0.25) is 0 Å². The molecule has 1 N–H and O–H groups in total. The number of aliphatic hydroxyl groups is 1. The number of carbonyl (C=O) groups excluding carboxylic acids is 1. The van der Waals surface area contributed by atoms with Gasteiger partial charge in [-0.15, -0.1) is 0 Å². The van der Waals surface area contributed by atoms with E-state index in [0.29, 0.717) is 18.0 Å². The number of ether oxygens (including phenoxy) is 2. The van der Waals surface area contributed by atoms with Crippen LogP contribution in [-0.4, -0.2) is 79.5 Å². The number of hydrogen-bond acceptors (Lipinski definition) is 5. The first-order chi connectivity index (χ1) is 15.2. The van der Waals surface area contributed by atoms with E-state index in [4.69, 9.17) is 9.47 Å². The number of likely N-dealkylation sites (tertiary alicyclic amines) is 1. The van der Waals surface area contributed by atoms with Crippen molar-refractivity contribution in [3.05, 3.63) is 54.6 Å². The summed E-state index contributed by atoms with van der Waals surface area (Å²) in [6.45, 7) is 4.02. The van der Waals surface area contributed by atoms with Crippen LogP contribution < -0.4 is 14.4 Å². The molecular weight excluding hydrogens is 394 g/mol. The molecule has 7 heteroatoms. The maximum absolute atomic E-state index is 12.9. The van der Waals surface area contributed by atoms with Gasteiger partial charge < -0.3 is 24.4 Å². The monoisotopic (exact) mass is 425 g/mol. The molecule has 1 atom stereocenters. The Morgan fingerprint density at radius 2 is 1.65 bits per heavy atom. The van der Waals surface area contributed by atoms with Crippen molar-refractivity contribution in [2.45, 2.75) is 25.0 Å². The molecule has 2 aromatic carbocycles.